The summed E-state index contributed by atoms with van der Waals surface area (Å²) in [7, 11) is 1.66. The molecular weight excluding hydrogens is 374 g/mol. The lowest BCUT2D eigenvalue weighted by Gasteiger charge is -2.11. The van der Waals surface area contributed by atoms with E-state index in [0.717, 1.165) is 45.8 Å². The second-order valence-corrected chi connectivity index (χ2v) is 6.92. The molecule has 0 aliphatic rings. The zero-order valence-electron chi connectivity index (χ0n) is 12.9. The quantitative estimate of drug-likeness (QED) is 0.392. The monoisotopic (exact) mass is 391 g/mol. The Bertz CT molecular complexity index is 755. The van der Waals surface area contributed by atoms with Crippen molar-refractivity contribution in [3.8, 4) is 22.1 Å². The lowest BCUT2D eigenvalue weighted by molar-refractivity contribution is 0.289. The van der Waals surface area contributed by atoms with E-state index < -0.39 is 0 Å². The minimum absolute atomic E-state index is 0.686. The molecule has 0 bridgehead atoms. The van der Waals surface area contributed by atoms with Crippen molar-refractivity contribution in [2.45, 2.75) is 12.8 Å². The van der Waals surface area contributed by atoms with Crippen LogP contribution in [-0.4, -0.2) is 24.0 Å². The van der Waals surface area contributed by atoms with E-state index in [2.05, 4.69) is 22.0 Å². The number of methoxy groups -OCH3 is 1. The number of ether oxygens (including phenoxy) is 2. The van der Waals surface area contributed by atoms with Gasteiger partial charge in [-0.2, -0.15) is 0 Å². The molecule has 0 unspecified atom stereocenters. The molecule has 0 atom stereocenters. The van der Waals surface area contributed by atoms with Gasteiger partial charge in [-0.1, -0.05) is 28.1 Å². The third-order valence-corrected chi connectivity index (χ3v) is 5.14. The Kier molecular flexibility index (Phi) is 5.51. The molecule has 120 valence electrons. The second-order valence-electron chi connectivity index (χ2n) is 5.10. The van der Waals surface area contributed by atoms with Crippen LogP contribution in [0.1, 0.15) is 12.8 Å². The second kappa shape index (κ2) is 7.79. The normalized spacial score (nSPS) is 10.9. The summed E-state index contributed by atoms with van der Waals surface area (Å²) in [5.41, 5.74) is 2.09. The van der Waals surface area contributed by atoms with Crippen LogP contribution in [0.5, 0.6) is 11.5 Å². The molecule has 3 aromatic rings. The summed E-state index contributed by atoms with van der Waals surface area (Å²) >= 11 is 5.13. The summed E-state index contributed by atoms with van der Waals surface area (Å²) in [5.74, 6) is 1.53. The topological polar surface area (TPSA) is 31.4 Å². The maximum absolute atomic E-state index is 5.90. The van der Waals surface area contributed by atoms with Crippen molar-refractivity contribution in [1.29, 1.82) is 0 Å². The lowest BCUT2D eigenvalue weighted by Crippen LogP contribution is -1.99. The lowest BCUT2D eigenvalue weighted by atomic mass is 10.2. The van der Waals surface area contributed by atoms with Gasteiger partial charge in [0.25, 0.3) is 0 Å². The van der Waals surface area contributed by atoms with E-state index in [1.807, 2.05) is 36.4 Å². The van der Waals surface area contributed by atoms with E-state index in [1.54, 1.807) is 18.4 Å². The molecule has 0 fully saturated rings. The summed E-state index contributed by atoms with van der Waals surface area (Å²) in [6.45, 7) is 0.686. The highest BCUT2D eigenvalue weighted by molar-refractivity contribution is 9.09. The van der Waals surface area contributed by atoms with Gasteiger partial charge in [0.2, 0.25) is 0 Å². The van der Waals surface area contributed by atoms with Crippen molar-refractivity contribution in [2.24, 2.45) is 0 Å². The Labute approximate surface area is 148 Å². The first kappa shape index (κ1) is 16.3. The number of thiazole rings is 1. The molecule has 0 spiro atoms. The fourth-order valence-corrected chi connectivity index (χ4v) is 3.66. The van der Waals surface area contributed by atoms with E-state index in [0.29, 0.717) is 6.61 Å². The van der Waals surface area contributed by atoms with Crippen LogP contribution in [0.3, 0.4) is 0 Å². The number of para-hydroxylation sites is 1. The van der Waals surface area contributed by atoms with Crippen LogP contribution >= 0.6 is 27.3 Å². The highest BCUT2D eigenvalue weighted by Crippen LogP contribution is 2.36. The molecule has 0 aliphatic heterocycles. The molecule has 5 heteroatoms. The Morgan fingerprint density at radius 1 is 1.09 bits per heavy atom. The number of hydrogen-bond donors (Lipinski definition) is 0. The highest BCUT2D eigenvalue weighted by atomic mass is 79.9. The van der Waals surface area contributed by atoms with Crippen molar-refractivity contribution < 1.29 is 9.47 Å². The SMILES string of the molecule is COc1ccc(-c2nc3ccccc3s2)cc1OCCCCBr. The van der Waals surface area contributed by atoms with E-state index in [9.17, 15) is 0 Å². The fraction of sp³-hybridized carbons (Fsp3) is 0.278. The molecular formula is C18H18BrNO2S. The van der Waals surface area contributed by atoms with Crippen molar-refractivity contribution in [3.05, 3.63) is 42.5 Å². The van der Waals surface area contributed by atoms with Crippen LogP contribution in [0.25, 0.3) is 20.8 Å². The molecule has 0 radical (unpaired) electrons. The smallest absolute Gasteiger partial charge is 0.161 e. The van der Waals surface area contributed by atoms with Gasteiger partial charge in [0.05, 0.1) is 23.9 Å². The van der Waals surface area contributed by atoms with Crippen LogP contribution in [0.2, 0.25) is 0 Å². The summed E-state index contributed by atoms with van der Waals surface area (Å²) in [6, 6.07) is 14.2. The zero-order chi connectivity index (χ0) is 16.1. The standard InChI is InChI=1S/C18H18BrNO2S/c1-21-15-9-8-13(12-16(15)22-11-5-4-10-19)18-20-14-6-2-3-7-17(14)23-18/h2-3,6-9,12H,4-5,10-11H2,1H3. The maximum Gasteiger partial charge on any atom is 0.161 e. The van der Waals surface area contributed by atoms with Gasteiger partial charge in [0.15, 0.2) is 11.5 Å². The molecule has 0 saturated carbocycles. The Hall–Kier alpha value is -1.59. The van der Waals surface area contributed by atoms with E-state index in [4.69, 9.17) is 14.5 Å². The third-order valence-electron chi connectivity index (χ3n) is 3.49. The molecule has 0 amide bonds. The Balaban J connectivity index is 1.87. The number of fused-ring (bicyclic) bond motifs is 1. The number of hydrogen-bond acceptors (Lipinski definition) is 4. The maximum atomic E-state index is 5.90. The zero-order valence-corrected chi connectivity index (χ0v) is 15.3. The van der Waals surface area contributed by atoms with Crippen LogP contribution < -0.4 is 9.47 Å². The predicted octanol–water partition coefficient (Wildman–Crippen LogP) is 5.53. The molecule has 1 aromatic heterocycles. The largest absolute Gasteiger partial charge is 0.493 e. The van der Waals surface area contributed by atoms with Crippen molar-refractivity contribution in [2.75, 3.05) is 19.0 Å². The van der Waals surface area contributed by atoms with Gasteiger partial charge < -0.3 is 9.47 Å². The van der Waals surface area contributed by atoms with Crippen LogP contribution in [0.4, 0.5) is 0 Å². The van der Waals surface area contributed by atoms with E-state index in [-0.39, 0.29) is 0 Å². The summed E-state index contributed by atoms with van der Waals surface area (Å²) < 4.78 is 12.5. The van der Waals surface area contributed by atoms with Gasteiger partial charge in [0, 0.05) is 10.9 Å². The molecule has 1 heterocycles. The van der Waals surface area contributed by atoms with Gasteiger partial charge >= 0.3 is 0 Å². The molecule has 0 saturated heterocycles. The first-order valence-corrected chi connectivity index (χ1v) is 9.48. The summed E-state index contributed by atoms with van der Waals surface area (Å²) in [5, 5.41) is 2.00. The predicted molar refractivity (Wildman–Crippen MR) is 100 cm³/mol. The van der Waals surface area contributed by atoms with E-state index in [1.165, 1.54) is 4.70 Å². The fourth-order valence-electron chi connectivity index (χ4n) is 2.30. The van der Waals surface area contributed by atoms with Crippen molar-refractivity contribution in [1.82, 2.24) is 4.98 Å². The molecule has 3 nitrogen and oxygen atoms in total. The average Bonchev–Trinajstić information content (AvgIpc) is 3.02. The number of unbranched alkanes of at least 4 members (excludes halogenated alkanes) is 1. The van der Waals surface area contributed by atoms with Gasteiger partial charge in [-0.05, 0) is 43.2 Å². The minimum atomic E-state index is 0.686. The summed E-state index contributed by atoms with van der Waals surface area (Å²) in [6.07, 6.45) is 2.11. The highest BCUT2D eigenvalue weighted by Gasteiger charge is 2.10. The number of rotatable bonds is 7. The number of halogens is 1. The number of alkyl halides is 1. The van der Waals surface area contributed by atoms with Gasteiger partial charge in [-0.3, -0.25) is 0 Å². The van der Waals surface area contributed by atoms with Crippen LogP contribution in [0, 0.1) is 0 Å². The van der Waals surface area contributed by atoms with E-state index >= 15 is 0 Å². The molecule has 0 aliphatic carbocycles. The van der Waals surface area contributed by atoms with Gasteiger partial charge in [-0.15, -0.1) is 11.3 Å². The minimum Gasteiger partial charge on any atom is -0.493 e. The van der Waals surface area contributed by atoms with Gasteiger partial charge in [-0.25, -0.2) is 4.98 Å². The Morgan fingerprint density at radius 3 is 2.74 bits per heavy atom. The summed E-state index contributed by atoms with van der Waals surface area (Å²) in [4.78, 5) is 4.71. The van der Waals surface area contributed by atoms with Crippen LogP contribution in [-0.2, 0) is 0 Å². The van der Waals surface area contributed by atoms with Crippen molar-refractivity contribution >= 4 is 37.5 Å². The Morgan fingerprint density at radius 2 is 1.96 bits per heavy atom. The van der Waals surface area contributed by atoms with Crippen molar-refractivity contribution in [3.63, 3.8) is 0 Å². The number of nitrogens with zero attached hydrogens (tertiary/aromatic N) is 1. The third kappa shape index (κ3) is 3.85. The molecule has 23 heavy (non-hydrogen) atoms. The molecule has 0 N–H and O–H groups in total. The average molecular weight is 392 g/mol. The van der Waals surface area contributed by atoms with Crippen LogP contribution in [0.15, 0.2) is 42.5 Å². The number of aromatic nitrogens is 1. The molecule has 2 aromatic carbocycles. The first-order chi connectivity index (χ1) is 11.3. The molecule has 3 rings (SSSR count). The first-order valence-electron chi connectivity index (χ1n) is 7.54. The van der Waals surface area contributed by atoms with Gasteiger partial charge in [0.1, 0.15) is 5.01 Å². The number of benzene rings is 2.